The molecule has 0 aliphatic carbocycles. The van der Waals surface area contributed by atoms with Crippen LogP contribution in [0.2, 0.25) is 0 Å². The standard InChI is InChI=1S/C39H29F9O/c1-2-3-4-32(40)37(45)27-11-8-24(9-12-27)28-13-10-26(33(41)20-28)7-5-23-6-18-31(34(42)19-23)25-14-16-29(17-15-25)39(47,48)49-30-21-35(43)38(46)36(44)22-30/h6,8-22H,2-5,7H2,1H3/b37-32+. The van der Waals surface area contributed by atoms with Crippen LogP contribution in [0.3, 0.4) is 0 Å². The normalized spacial score (nSPS) is 12.2. The summed E-state index contributed by atoms with van der Waals surface area (Å²) in [5.74, 6) is -8.94. The van der Waals surface area contributed by atoms with E-state index in [-0.39, 0.29) is 29.5 Å². The van der Waals surface area contributed by atoms with E-state index in [4.69, 9.17) is 0 Å². The molecule has 5 rings (SSSR count). The van der Waals surface area contributed by atoms with Gasteiger partial charge in [-0.2, -0.15) is 8.78 Å². The third kappa shape index (κ3) is 8.36. The SMILES string of the molecule is CCCC/C(F)=C(\F)c1ccc(-c2ccc(CCc3ccc(-c4ccc(C(F)(F)Oc5cc(F)c(F)c(F)c5)cc4)c(F)c3)c(F)c2)cc1. The zero-order valence-corrected chi connectivity index (χ0v) is 26.1. The van der Waals surface area contributed by atoms with Crippen LogP contribution >= 0.6 is 0 Å². The Balaban J connectivity index is 1.22. The van der Waals surface area contributed by atoms with Crippen molar-refractivity contribution in [2.75, 3.05) is 0 Å². The summed E-state index contributed by atoms with van der Waals surface area (Å²) in [4.78, 5) is 0. The monoisotopic (exact) mass is 684 g/mol. The van der Waals surface area contributed by atoms with E-state index in [2.05, 4.69) is 4.74 Å². The third-order valence-corrected chi connectivity index (χ3v) is 7.96. The number of ether oxygens (including phenoxy) is 1. The van der Waals surface area contributed by atoms with Crippen LogP contribution in [0.1, 0.15) is 48.4 Å². The maximum absolute atomic E-state index is 15.1. The van der Waals surface area contributed by atoms with Gasteiger partial charge in [0, 0.05) is 29.7 Å². The van der Waals surface area contributed by atoms with E-state index >= 15 is 8.78 Å². The zero-order chi connectivity index (χ0) is 35.3. The Morgan fingerprint density at radius 3 is 1.88 bits per heavy atom. The Labute approximate surface area is 277 Å². The predicted octanol–water partition coefficient (Wildman–Crippen LogP) is 12.4. The summed E-state index contributed by atoms with van der Waals surface area (Å²) in [5.41, 5.74) is 1.92. The third-order valence-electron chi connectivity index (χ3n) is 7.96. The average molecular weight is 685 g/mol. The highest BCUT2D eigenvalue weighted by molar-refractivity contribution is 5.69. The van der Waals surface area contributed by atoms with Gasteiger partial charge in [-0.1, -0.05) is 74.0 Å². The van der Waals surface area contributed by atoms with Crippen molar-refractivity contribution in [2.24, 2.45) is 0 Å². The summed E-state index contributed by atoms with van der Waals surface area (Å²) in [6, 6.07) is 20.1. The second-order valence-electron chi connectivity index (χ2n) is 11.4. The zero-order valence-electron chi connectivity index (χ0n) is 26.1. The number of allylic oxidation sites excluding steroid dienone is 1. The second-order valence-corrected chi connectivity index (χ2v) is 11.4. The topological polar surface area (TPSA) is 9.23 Å². The highest BCUT2D eigenvalue weighted by Gasteiger charge is 2.35. The fourth-order valence-corrected chi connectivity index (χ4v) is 5.21. The highest BCUT2D eigenvalue weighted by atomic mass is 19.3. The highest BCUT2D eigenvalue weighted by Crippen LogP contribution is 2.35. The summed E-state index contributed by atoms with van der Waals surface area (Å²) in [6.45, 7) is 1.89. The summed E-state index contributed by atoms with van der Waals surface area (Å²) in [5, 5.41) is 0. The molecule has 0 radical (unpaired) electrons. The van der Waals surface area contributed by atoms with Gasteiger partial charge in [0.2, 0.25) is 0 Å². The lowest BCUT2D eigenvalue weighted by molar-refractivity contribution is -0.185. The lowest BCUT2D eigenvalue weighted by Gasteiger charge is -2.19. The molecule has 0 N–H and O–H groups in total. The van der Waals surface area contributed by atoms with E-state index < -0.39 is 58.2 Å². The molecule has 0 amide bonds. The molecule has 0 fully saturated rings. The van der Waals surface area contributed by atoms with Gasteiger partial charge in [-0.05, 0) is 71.3 Å². The fraction of sp³-hybridized carbons (Fsp3) is 0.179. The van der Waals surface area contributed by atoms with Gasteiger partial charge in [0.1, 0.15) is 23.2 Å². The van der Waals surface area contributed by atoms with Gasteiger partial charge in [-0.25, -0.2) is 30.7 Å². The van der Waals surface area contributed by atoms with Crippen molar-refractivity contribution in [3.05, 3.63) is 154 Å². The molecule has 0 atom stereocenters. The maximum Gasteiger partial charge on any atom is 0.426 e. The van der Waals surface area contributed by atoms with Crippen LogP contribution in [0.4, 0.5) is 39.5 Å². The van der Waals surface area contributed by atoms with E-state index in [9.17, 15) is 30.7 Å². The van der Waals surface area contributed by atoms with Gasteiger partial charge < -0.3 is 4.74 Å². The first kappa shape index (κ1) is 35.3. The average Bonchev–Trinajstić information content (AvgIpc) is 3.08. The molecule has 0 aliphatic rings. The minimum atomic E-state index is -4.04. The van der Waals surface area contributed by atoms with Gasteiger partial charge in [-0.3, -0.25) is 0 Å². The predicted molar refractivity (Wildman–Crippen MR) is 171 cm³/mol. The van der Waals surface area contributed by atoms with E-state index in [0.717, 1.165) is 18.6 Å². The van der Waals surface area contributed by atoms with Gasteiger partial charge in [0.15, 0.2) is 23.3 Å². The summed E-state index contributed by atoms with van der Waals surface area (Å²) in [7, 11) is 0. The van der Waals surface area contributed by atoms with E-state index in [1.54, 1.807) is 30.3 Å². The lowest BCUT2D eigenvalue weighted by atomic mass is 9.97. The van der Waals surface area contributed by atoms with Crippen molar-refractivity contribution in [1.29, 1.82) is 0 Å². The van der Waals surface area contributed by atoms with Gasteiger partial charge in [0.25, 0.3) is 0 Å². The molecule has 0 heterocycles. The van der Waals surface area contributed by atoms with Gasteiger partial charge in [-0.15, -0.1) is 0 Å². The van der Waals surface area contributed by atoms with Crippen LogP contribution in [0.15, 0.2) is 103 Å². The van der Waals surface area contributed by atoms with Crippen LogP contribution in [0, 0.1) is 29.1 Å². The molecule has 0 saturated carbocycles. The minimum Gasteiger partial charge on any atom is -0.429 e. The number of aryl methyl sites for hydroxylation is 2. The quantitative estimate of drug-likeness (QED) is 0.0939. The van der Waals surface area contributed by atoms with Crippen molar-refractivity contribution >= 4 is 5.83 Å². The molecular weight excluding hydrogens is 655 g/mol. The number of rotatable bonds is 12. The number of hydrogen-bond donors (Lipinski definition) is 0. The van der Waals surface area contributed by atoms with Crippen molar-refractivity contribution in [1.82, 2.24) is 0 Å². The van der Waals surface area contributed by atoms with Gasteiger partial charge >= 0.3 is 6.11 Å². The molecular formula is C39H29F9O. The molecule has 5 aromatic rings. The Kier molecular flexibility index (Phi) is 10.9. The van der Waals surface area contributed by atoms with Crippen molar-refractivity contribution in [2.45, 2.75) is 45.1 Å². The molecule has 10 heteroatoms. The van der Waals surface area contributed by atoms with Crippen LogP contribution in [-0.4, -0.2) is 0 Å². The lowest BCUT2D eigenvalue weighted by Crippen LogP contribution is -2.22. The van der Waals surface area contributed by atoms with E-state index in [1.807, 2.05) is 6.92 Å². The molecule has 0 spiro atoms. The molecule has 0 saturated heterocycles. The van der Waals surface area contributed by atoms with Crippen molar-refractivity contribution < 1.29 is 44.3 Å². The molecule has 0 aliphatic heterocycles. The number of unbranched alkanes of at least 4 members (excludes halogenated alkanes) is 1. The maximum atomic E-state index is 15.1. The summed E-state index contributed by atoms with van der Waals surface area (Å²) in [6.07, 6.45) is -2.18. The first-order valence-electron chi connectivity index (χ1n) is 15.4. The molecule has 5 aromatic carbocycles. The smallest absolute Gasteiger partial charge is 0.426 e. The number of hydrogen-bond acceptors (Lipinski definition) is 1. The second kappa shape index (κ2) is 15.1. The molecule has 0 unspecified atom stereocenters. The van der Waals surface area contributed by atoms with Crippen LogP contribution in [-0.2, 0) is 19.0 Å². The first-order valence-corrected chi connectivity index (χ1v) is 15.4. The Morgan fingerprint density at radius 1 is 0.633 bits per heavy atom. The van der Waals surface area contributed by atoms with Crippen LogP contribution in [0.5, 0.6) is 5.75 Å². The number of halogens is 9. The van der Waals surface area contributed by atoms with Crippen LogP contribution < -0.4 is 4.74 Å². The Morgan fingerprint density at radius 2 is 1.27 bits per heavy atom. The van der Waals surface area contributed by atoms with E-state index in [0.29, 0.717) is 47.2 Å². The fourth-order valence-electron chi connectivity index (χ4n) is 5.21. The van der Waals surface area contributed by atoms with Gasteiger partial charge in [0.05, 0.1) is 5.56 Å². The molecule has 0 bridgehead atoms. The minimum absolute atomic E-state index is 0.0281. The van der Waals surface area contributed by atoms with Crippen molar-refractivity contribution in [3.8, 4) is 28.0 Å². The summed E-state index contributed by atoms with van der Waals surface area (Å²) >= 11 is 0. The Hall–Kier alpha value is -4.99. The molecule has 1 nitrogen and oxygen atoms in total. The molecule has 254 valence electrons. The number of benzene rings is 5. The summed E-state index contributed by atoms with van der Waals surface area (Å²) < 4.78 is 132. The van der Waals surface area contributed by atoms with Crippen LogP contribution in [0.25, 0.3) is 28.1 Å². The van der Waals surface area contributed by atoms with E-state index in [1.165, 1.54) is 42.5 Å². The number of alkyl halides is 2. The van der Waals surface area contributed by atoms with Crippen molar-refractivity contribution in [3.63, 3.8) is 0 Å². The molecule has 49 heavy (non-hydrogen) atoms. The Bertz CT molecular complexity index is 1940. The molecule has 0 aromatic heterocycles. The largest absolute Gasteiger partial charge is 0.429 e. The first-order chi connectivity index (χ1) is 23.4.